The first-order valence-corrected chi connectivity index (χ1v) is 9.19. The van der Waals surface area contributed by atoms with E-state index in [-0.39, 0.29) is 5.91 Å². The van der Waals surface area contributed by atoms with E-state index in [0.717, 1.165) is 22.4 Å². The molecule has 4 nitrogen and oxygen atoms in total. The quantitative estimate of drug-likeness (QED) is 0.685. The number of amides is 1. The Morgan fingerprint density at radius 1 is 1.15 bits per heavy atom. The number of rotatable bonds is 8. The van der Waals surface area contributed by atoms with Crippen molar-refractivity contribution in [3.8, 4) is 11.5 Å². The lowest BCUT2D eigenvalue weighted by atomic mass is 10.1. The zero-order chi connectivity index (χ0) is 19.1. The maximum atomic E-state index is 12.4. The summed E-state index contributed by atoms with van der Waals surface area (Å²) in [6, 6.07) is 11.4. The molecule has 2 rings (SSSR count). The highest BCUT2D eigenvalue weighted by Crippen LogP contribution is 2.23. The summed E-state index contributed by atoms with van der Waals surface area (Å²) in [6.07, 6.45) is 0.0671. The zero-order valence-electron chi connectivity index (χ0n) is 15.8. The van der Waals surface area contributed by atoms with Crippen LogP contribution in [-0.2, 0) is 4.79 Å². The molecular weight excluding hydrogens is 350 g/mol. The molecule has 0 fully saturated rings. The molecule has 0 aliphatic rings. The summed E-state index contributed by atoms with van der Waals surface area (Å²) < 4.78 is 11.5. The van der Waals surface area contributed by atoms with Gasteiger partial charge in [0.25, 0.3) is 5.91 Å². The first-order chi connectivity index (χ1) is 12.4. The van der Waals surface area contributed by atoms with E-state index < -0.39 is 6.10 Å². The van der Waals surface area contributed by atoms with E-state index in [0.29, 0.717) is 30.3 Å². The standard InChI is InChI=1S/C21H26ClNO3/c1-5-19(26-20-8-6-7-14(2)16(20)4)21(24)23-11-12-25-17-10-9-15(3)18(22)13-17/h6-10,13,19H,5,11-12H2,1-4H3,(H,23,24)/t19-/m0/s1. The molecule has 26 heavy (non-hydrogen) atoms. The van der Waals surface area contributed by atoms with Crippen LogP contribution in [0.3, 0.4) is 0 Å². The summed E-state index contributed by atoms with van der Waals surface area (Å²) in [4.78, 5) is 12.4. The third kappa shape index (κ3) is 5.40. The zero-order valence-corrected chi connectivity index (χ0v) is 16.5. The number of aryl methyl sites for hydroxylation is 2. The summed E-state index contributed by atoms with van der Waals surface area (Å²) in [5.74, 6) is 1.30. The second-order valence-corrected chi connectivity index (χ2v) is 6.67. The fraction of sp³-hybridized carbons (Fsp3) is 0.381. The molecule has 2 aromatic carbocycles. The lowest BCUT2D eigenvalue weighted by Crippen LogP contribution is -2.39. The monoisotopic (exact) mass is 375 g/mol. The lowest BCUT2D eigenvalue weighted by Gasteiger charge is -2.19. The number of nitrogens with one attached hydrogen (secondary N) is 1. The fourth-order valence-corrected chi connectivity index (χ4v) is 2.62. The van der Waals surface area contributed by atoms with Crippen molar-refractivity contribution in [3.05, 3.63) is 58.1 Å². The van der Waals surface area contributed by atoms with E-state index in [1.54, 1.807) is 6.07 Å². The van der Waals surface area contributed by atoms with E-state index in [2.05, 4.69) is 5.32 Å². The van der Waals surface area contributed by atoms with Crippen LogP contribution in [0.4, 0.5) is 0 Å². The molecule has 0 unspecified atom stereocenters. The third-order valence-corrected chi connectivity index (χ3v) is 4.71. The van der Waals surface area contributed by atoms with E-state index in [4.69, 9.17) is 21.1 Å². The Kier molecular flexibility index (Phi) is 7.34. The van der Waals surface area contributed by atoms with E-state index >= 15 is 0 Å². The summed E-state index contributed by atoms with van der Waals surface area (Å²) in [5.41, 5.74) is 3.20. The van der Waals surface area contributed by atoms with Crippen molar-refractivity contribution < 1.29 is 14.3 Å². The van der Waals surface area contributed by atoms with Crippen LogP contribution in [0.15, 0.2) is 36.4 Å². The molecule has 1 N–H and O–H groups in total. The SMILES string of the molecule is CC[C@H](Oc1cccc(C)c1C)C(=O)NCCOc1ccc(C)c(Cl)c1. The van der Waals surface area contributed by atoms with Crippen LogP contribution in [0.1, 0.15) is 30.0 Å². The minimum absolute atomic E-state index is 0.140. The predicted molar refractivity (Wildman–Crippen MR) is 105 cm³/mol. The summed E-state index contributed by atoms with van der Waals surface area (Å²) in [5, 5.41) is 3.53. The van der Waals surface area contributed by atoms with Gasteiger partial charge in [-0.3, -0.25) is 4.79 Å². The second-order valence-electron chi connectivity index (χ2n) is 6.26. The van der Waals surface area contributed by atoms with Gasteiger partial charge in [0.05, 0.1) is 6.54 Å². The number of benzene rings is 2. The van der Waals surface area contributed by atoms with Crippen molar-refractivity contribution in [2.45, 2.75) is 40.2 Å². The highest BCUT2D eigenvalue weighted by Gasteiger charge is 2.19. The maximum absolute atomic E-state index is 12.4. The van der Waals surface area contributed by atoms with Crippen molar-refractivity contribution in [2.75, 3.05) is 13.2 Å². The number of carbonyl (C=O) groups is 1. The van der Waals surface area contributed by atoms with Gasteiger partial charge in [-0.25, -0.2) is 0 Å². The molecule has 0 heterocycles. The topological polar surface area (TPSA) is 47.6 Å². The smallest absolute Gasteiger partial charge is 0.261 e. The molecule has 0 aliphatic heterocycles. The van der Waals surface area contributed by atoms with Crippen molar-refractivity contribution >= 4 is 17.5 Å². The molecule has 1 amide bonds. The molecule has 0 aliphatic carbocycles. The molecule has 5 heteroatoms. The van der Waals surface area contributed by atoms with Crippen molar-refractivity contribution in [3.63, 3.8) is 0 Å². The van der Waals surface area contributed by atoms with E-state index in [1.165, 1.54) is 0 Å². The predicted octanol–water partition coefficient (Wildman–Crippen LogP) is 4.62. The fourth-order valence-electron chi connectivity index (χ4n) is 2.45. The maximum Gasteiger partial charge on any atom is 0.261 e. The Morgan fingerprint density at radius 2 is 1.92 bits per heavy atom. The van der Waals surface area contributed by atoms with Gasteiger partial charge in [-0.05, 0) is 62.1 Å². The van der Waals surface area contributed by atoms with Gasteiger partial charge in [-0.2, -0.15) is 0 Å². The average Bonchev–Trinajstić information content (AvgIpc) is 2.62. The third-order valence-electron chi connectivity index (χ3n) is 4.30. The van der Waals surface area contributed by atoms with E-state index in [9.17, 15) is 4.79 Å². The summed E-state index contributed by atoms with van der Waals surface area (Å²) in [6.45, 7) is 8.66. The van der Waals surface area contributed by atoms with Gasteiger partial charge < -0.3 is 14.8 Å². The largest absolute Gasteiger partial charge is 0.492 e. The Morgan fingerprint density at radius 3 is 2.62 bits per heavy atom. The first-order valence-electron chi connectivity index (χ1n) is 8.82. The van der Waals surface area contributed by atoms with Crippen molar-refractivity contribution in [1.29, 1.82) is 0 Å². The first kappa shape index (κ1) is 20.1. The normalized spacial score (nSPS) is 11.7. The average molecular weight is 376 g/mol. The second kappa shape index (κ2) is 9.48. The van der Waals surface area contributed by atoms with Crippen LogP contribution < -0.4 is 14.8 Å². The molecule has 0 saturated carbocycles. The van der Waals surface area contributed by atoms with Crippen LogP contribution in [-0.4, -0.2) is 25.2 Å². The van der Waals surface area contributed by atoms with Crippen LogP contribution in [0, 0.1) is 20.8 Å². The lowest BCUT2D eigenvalue weighted by molar-refractivity contribution is -0.128. The van der Waals surface area contributed by atoms with Gasteiger partial charge in [-0.15, -0.1) is 0 Å². The minimum atomic E-state index is -0.524. The molecule has 0 spiro atoms. The van der Waals surface area contributed by atoms with Gasteiger partial charge in [0, 0.05) is 5.02 Å². The highest BCUT2D eigenvalue weighted by atomic mass is 35.5. The van der Waals surface area contributed by atoms with Crippen molar-refractivity contribution in [1.82, 2.24) is 5.32 Å². The van der Waals surface area contributed by atoms with Crippen LogP contribution in [0.5, 0.6) is 11.5 Å². The molecule has 2 aromatic rings. The number of carbonyl (C=O) groups excluding carboxylic acids is 1. The molecule has 0 radical (unpaired) electrons. The number of halogens is 1. The van der Waals surface area contributed by atoms with Gasteiger partial charge in [0.15, 0.2) is 6.10 Å². The van der Waals surface area contributed by atoms with E-state index in [1.807, 2.05) is 58.0 Å². The molecule has 0 saturated heterocycles. The highest BCUT2D eigenvalue weighted by molar-refractivity contribution is 6.31. The summed E-state index contributed by atoms with van der Waals surface area (Å²) >= 11 is 6.07. The van der Waals surface area contributed by atoms with Crippen LogP contribution >= 0.6 is 11.6 Å². The molecular formula is C21H26ClNO3. The minimum Gasteiger partial charge on any atom is -0.492 e. The van der Waals surface area contributed by atoms with Crippen molar-refractivity contribution in [2.24, 2.45) is 0 Å². The Labute approximate surface area is 160 Å². The van der Waals surface area contributed by atoms with Crippen LogP contribution in [0.25, 0.3) is 0 Å². The number of hydrogen-bond acceptors (Lipinski definition) is 3. The Balaban J connectivity index is 1.83. The van der Waals surface area contributed by atoms with Gasteiger partial charge in [0.2, 0.25) is 0 Å². The van der Waals surface area contributed by atoms with Crippen LogP contribution in [0.2, 0.25) is 5.02 Å². The molecule has 0 bridgehead atoms. The van der Waals surface area contributed by atoms with Gasteiger partial charge in [0.1, 0.15) is 18.1 Å². The number of ether oxygens (including phenoxy) is 2. The molecule has 140 valence electrons. The van der Waals surface area contributed by atoms with Gasteiger partial charge >= 0.3 is 0 Å². The number of hydrogen-bond donors (Lipinski definition) is 1. The summed E-state index contributed by atoms with van der Waals surface area (Å²) in [7, 11) is 0. The van der Waals surface area contributed by atoms with Gasteiger partial charge in [-0.1, -0.05) is 36.7 Å². The Hall–Kier alpha value is -2.20. The molecule has 1 atom stereocenters. The molecule has 0 aromatic heterocycles. The Bertz CT molecular complexity index is 761.